The number of para-hydroxylation sites is 2. The van der Waals surface area contributed by atoms with Crippen LogP contribution in [0.25, 0.3) is 121 Å². The Balaban J connectivity index is 1.13. The Labute approximate surface area is 356 Å². The van der Waals surface area contributed by atoms with E-state index in [4.69, 9.17) is 15.0 Å². The Bertz CT molecular complexity index is 3860. The highest BCUT2D eigenvalue weighted by molar-refractivity contribution is 6.25. The van der Waals surface area contributed by atoms with Crippen LogP contribution in [0.5, 0.6) is 0 Å². The summed E-state index contributed by atoms with van der Waals surface area (Å²) in [5, 5.41) is 11.9. The average Bonchev–Trinajstić information content (AvgIpc) is 3.86. The van der Waals surface area contributed by atoms with Gasteiger partial charge in [0.25, 0.3) is 0 Å². The highest BCUT2D eigenvalue weighted by Gasteiger charge is 2.24. The number of hydrogen-bond donors (Lipinski definition) is 0. The van der Waals surface area contributed by atoms with Crippen molar-refractivity contribution in [3.63, 3.8) is 0 Å². The van der Waals surface area contributed by atoms with E-state index < -0.39 is 0 Å². The van der Waals surface area contributed by atoms with Crippen LogP contribution in [0.15, 0.2) is 212 Å². The molecule has 0 saturated carbocycles. The van der Waals surface area contributed by atoms with Crippen molar-refractivity contribution in [3.8, 4) is 45.5 Å². The Morgan fingerprint density at radius 3 is 1.55 bits per heavy atom. The summed E-state index contributed by atoms with van der Waals surface area (Å²) in [6.07, 6.45) is 0. The monoisotopic (exact) mass is 789 g/mol. The minimum atomic E-state index is 0.634. The summed E-state index contributed by atoms with van der Waals surface area (Å²) in [4.78, 5) is 15.3. The molecule has 0 radical (unpaired) electrons. The third-order valence-corrected chi connectivity index (χ3v) is 12.5. The summed E-state index contributed by atoms with van der Waals surface area (Å²) in [5.74, 6) is 1.92. The molecule has 0 aliphatic rings. The van der Waals surface area contributed by atoms with E-state index >= 15 is 0 Å². The minimum absolute atomic E-state index is 0.634. The molecule has 5 heteroatoms. The van der Waals surface area contributed by atoms with Gasteiger partial charge in [-0.2, -0.15) is 0 Å². The van der Waals surface area contributed by atoms with Crippen LogP contribution in [0.2, 0.25) is 0 Å². The molecule has 13 aromatic rings. The van der Waals surface area contributed by atoms with Crippen LogP contribution in [0.1, 0.15) is 0 Å². The van der Waals surface area contributed by atoms with Crippen LogP contribution in [0, 0.1) is 0 Å². The van der Waals surface area contributed by atoms with Crippen molar-refractivity contribution in [1.29, 1.82) is 0 Å². The van der Waals surface area contributed by atoms with E-state index in [0.29, 0.717) is 17.5 Å². The summed E-state index contributed by atoms with van der Waals surface area (Å²) in [7, 11) is 0. The topological polar surface area (TPSA) is 48.5 Å². The average molecular weight is 790 g/mol. The quantitative estimate of drug-likeness (QED) is 0.174. The number of hydrogen-bond acceptors (Lipinski definition) is 3. The second kappa shape index (κ2) is 13.6. The van der Waals surface area contributed by atoms with Gasteiger partial charge in [-0.25, -0.2) is 15.0 Å². The predicted molar refractivity (Wildman–Crippen MR) is 257 cm³/mol. The Morgan fingerprint density at radius 1 is 0.306 bits per heavy atom. The van der Waals surface area contributed by atoms with E-state index in [-0.39, 0.29) is 0 Å². The third kappa shape index (κ3) is 5.12. The zero-order valence-electron chi connectivity index (χ0n) is 33.4. The molecule has 5 nitrogen and oxygen atoms in total. The molecular formula is C57H35N5. The molecule has 0 amide bonds. The van der Waals surface area contributed by atoms with E-state index in [0.717, 1.165) is 44.2 Å². The molecule has 0 bridgehead atoms. The minimum Gasteiger partial charge on any atom is -0.309 e. The van der Waals surface area contributed by atoms with Crippen molar-refractivity contribution in [2.24, 2.45) is 0 Å². The summed E-state index contributed by atoms with van der Waals surface area (Å²) in [5.41, 5.74) is 9.79. The highest BCUT2D eigenvalue weighted by atomic mass is 15.0. The largest absolute Gasteiger partial charge is 0.309 e. The smallest absolute Gasteiger partial charge is 0.164 e. The van der Waals surface area contributed by atoms with E-state index in [1.54, 1.807) is 0 Å². The zero-order valence-corrected chi connectivity index (χ0v) is 33.4. The van der Waals surface area contributed by atoms with Crippen molar-refractivity contribution >= 4 is 75.9 Å². The first-order valence-corrected chi connectivity index (χ1v) is 21.0. The Morgan fingerprint density at radius 2 is 0.839 bits per heavy atom. The molecule has 0 fully saturated rings. The van der Waals surface area contributed by atoms with Crippen LogP contribution < -0.4 is 0 Å². The fourth-order valence-electron chi connectivity index (χ4n) is 9.82. The molecule has 0 saturated heterocycles. The van der Waals surface area contributed by atoms with Crippen LogP contribution in [0.3, 0.4) is 0 Å². The zero-order chi connectivity index (χ0) is 40.7. The van der Waals surface area contributed by atoms with Gasteiger partial charge in [-0.1, -0.05) is 182 Å². The van der Waals surface area contributed by atoms with Crippen LogP contribution in [-0.4, -0.2) is 24.1 Å². The second-order valence-electron chi connectivity index (χ2n) is 15.9. The standard InChI is InChI=1S/C57H35N5/c1-3-18-37(19-4-1)55-58-56(38-20-5-2-6-21-38)60-57(59-55)46-33-34-50(43-26-12-11-25-42(43)46)61-49-30-16-14-28-47(49)52-51(61)35-39-22-8-10-24-41(39)54(52)62-48-29-15-13-27-44(48)45-32-31-36-17-7-9-23-40(36)53(45)62/h1-35H. The molecule has 0 spiro atoms. The van der Waals surface area contributed by atoms with Gasteiger partial charge >= 0.3 is 0 Å². The van der Waals surface area contributed by atoms with Crippen molar-refractivity contribution in [1.82, 2.24) is 24.1 Å². The van der Waals surface area contributed by atoms with Gasteiger partial charge in [0.1, 0.15) is 0 Å². The molecule has 288 valence electrons. The fraction of sp³-hybridized carbons (Fsp3) is 0. The second-order valence-corrected chi connectivity index (χ2v) is 15.9. The molecule has 62 heavy (non-hydrogen) atoms. The molecule has 3 aromatic heterocycles. The van der Waals surface area contributed by atoms with Crippen molar-refractivity contribution in [3.05, 3.63) is 212 Å². The van der Waals surface area contributed by atoms with Gasteiger partial charge in [-0.05, 0) is 46.5 Å². The number of benzene rings is 10. The van der Waals surface area contributed by atoms with Crippen LogP contribution >= 0.6 is 0 Å². The molecule has 10 aromatic carbocycles. The number of rotatable bonds is 5. The first-order chi connectivity index (χ1) is 30.8. The molecule has 0 aliphatic heterocycles. The first-order valence-electron chi connectivity index (χ1n) is 21.0. The van der Waals surface area contributed by atoms with E-state index in [2.05, 4.69) is 185 Å². The van der Waals surface area contributed by atoms with Gasteiger partial charge in [-0.15, -0.1) is 0 Å². The van der Waals surface area contributed by atoms with E-state index in [1.165, 1.54) is 59.8 Å². The molecule has 0 aliphatic carbocycles. The molecular weight excluding hydrogens is 755 g/mol. The Hall–Kier alpha value is -8.41. The molecule has 3 heterocycles. The van der Waals surface area contributed by atoms with Gasteiger partial charge < -0.3 is 9.13 Å². The number of nitrogens with zero attached hydrogens (tertiary/aromatic N) is 5. The maximum atomic E-state index is 5.16. The van der Waals surface area contributed by atoms with E-state index in [1.807, 2.05) is 36.4 Å². The maximum absolute atomic E-state index is 5.16. The van der Waals surface area contributed by atoms with Gasteiger partial charge in [-0.3, -0.25) is 0 Å². The lowest BCUT2D eigenvalue weighted by Crippen LogP contribution is -2.02. The lowest BCUT2D eigenvalue weighted by molar-refractivity contribution is 1.08. The third-order valence-electron chi connectivity index (χ3n) is 12.5. The van der Waals surface area contributed by atoms with Gasteiger partial charge in [0.2, 0.25) is 0 Å². The molecule has 0 atom stereocenters. The lowest BCUT2D eigenvalue weighted by atomic mass is 10.0. The fourth-order valence-corrected chi connectivity index (χ4v) is 9.82. The van der Waals surface area contributed by atoms with Gasteiger partial charge in [0.15, 0.2) is 17.5 Å². The van der Waals surface area contributed by atoms with Crippen LogP contribution in [0.4, 0.5) is 0 Å². The number of aromatic nitrogens is 5. The van der Waals surface area contributed by atoms with Gasteiger partial charge in [0, 0.05) is 54.4 Å². The van der Waals surface area contributed by atoms with E-state index in [9.17, 15) is 0 Å². The normalized spacial score (nSPS) is 11.9. The molecule has 0 N–H and O–H groups in total. The van der Waals surface area contributed by atoms with Crippen molar-refractivity contribution in [2.45, 2.75) is 0 Å². The summed E-state index contributed by atoms with van der Waals surface area (Å²) in [6, 6.07) is 75.7. The summed E-state index contributed by atoms with van der Waals surface area (Å²) in [6.45, 7) is 0. The Kier molecular flexibility index (Phi) is 7.54. The SMILES string of the molecule is c1ccc(-c2nc(-c3ccccc3)nc(-c3ccc(-n4c5ccccc5c5c(-n6c7ccccc7c7ccc8ccccc8c76)c6ccccc6cc54)c4ccccc34)n2)cc1. The highest BCUT2D eigenvalue weighted by Crippen LogP contribution is 2.46. The predicted octanol–water partition coefficient (Wildman–Crippen LogP) is 14.5. The van der Waals surface area contributed by atoms with Crippen LogP contribution in [-0.2, 0) is 0 Å². The van der Waals surface area contributed by atoms with Crippen molar-refractivity contribution in [2.75, 3.05) is 0 Å². The van der Waals surface area contributed by atoms with Gasteiger partial charge in [0.05, 0.1) is 33.4 Å². The lowest BCUT2D eigenvalue weighted by Gasteiger charge is -2.17. The summed E-state index contributed by atoms with van der Waals surface area (Å²) >= 11 is 0. The first kappa shape index (κ1) is 34.5. The molecule has 0 unspecified atom stereocenters. The molecule has 13 rings (SSSR count). The summed E-state index contributed by atoms with van der Waals surface area (Å²) < 4.78 is 5.02. The number of fused-ring (bicyclic) bond motifs is 10. The van der Waals surface area contributed by atoms with Crippen molar-refractivity contribution < 1.29 is 0 Å². The maximum Gasteiger partial charge on any atom is 0.164 e.